The van der Waals surface area contributed by atoms with Crippen LogP contribution in [0.2, 0.25) is 5.02 Å². The van der Waals surface area contributed by atoms with Crippen LogP contribution >= 0.6 is 11.6 Å². The summed E-state index contributed by atoms with van der Waals surface area (Å²) in [4.78, 5) is 17.8. The third-order valence-electron chi connectivity index (χ3n) is 6.47. The maximum atomic E-state index is 10.1. The lowest BCUT2D eigenvalue weighted by molar-refractivity contribution is -0.112. The standard InChI is InChI=1S/C15H14ClN3O.C15H15N3O.C3H3NO.CH4/c1-15(2,20)11-7-10(8-17-9-11)14-13(16)12-5-3-4-6-19(12)18-14;1-15(2,19)12-7-11(9-16-10-12)14-8-13-5-3-4-6-18(13)17-14;1-3(5)2-4;/h3-9,20H,1-2H3;3-10,19H,1-2H3;1H3;1H4. The summed E-state index contributed by atoms with van der Waals surface area (Å²) >= 11 is 6.38. The summed E-state index contributed by atoms with van der Waals surface area (Å²) in [7, 11) is 0. The van der Waals surface area contributed by atoms with Crippen LogP contribution in [-0.2, 0) is 16.0 Å². The minimum Gasteiger partial charge on any atom is -0.386 e. The Morgan fingerprint density at radius 3 is 1.89 bits per heavy atom. The molecule has 2 N–H and O–H groups in total. The third-order valence-corrected chi connectivity index (χ3v) is 6.84. The Morgan fingerprint density at radius 1 is 0.822 bits per heavy atom. The zero-order valence-corrected chi connectivity index (χ0v) is 25.7. The zero-order valence-electron chi connectivity index (χ0n) is 25.0. The van der Waals surface area contributed by atoms with Crippen molar-refractivity contribution >= 4 is 28.4 Å². The Balaban J connectivity index is 0.000000210. The van der Waals surface area contributed by atoms with Gasteiger partial charge in [0.2, 0.25) is 5.78 Å². The van der Waals surface area contributed by atoms with Gasteiger partial charge in [0.15, 0.2) is 0 Å². The average Bonchev–Trinajstić information content (AvgIpc) is 3.59. The molecule has 0 bridgehead atoms. The molecule has 0 atom stereocenters. The topological polar surface area (TPSA) is 142 Å². The number of fused-ring (bicyclic) bond motifs is 2. The van der Waals surface area contributed by atoms with Gasteiger partial charge in [0.1, 0.15) is 11.8 Å². The number of aliphatic hydroxyl groups is 2. The highest BCUT2D eigenvalue weighted by Gasteiger charge is 2.20. The first-order chi connectivity index (χ1) is 20.8. The van der Waals surface area contributed by atoms with Crippen molar-refractivity contribution in [3.05, 3.63) is 108 Å². The van der Waals surface area contributed by atoms with Crippen LogP contribution in [0.3, 0.4) is 0 Å². The second-order valence-electron chi connectivity index (χ2n) is 11.0. The van der Waals surface area contributed by atoms with E-state index in [1.165, 1.54) is 13.0 Å². The number of nitriles is 1. The zero-order chi connectivity index (χ0) is 32.1. The molecule has 0 aliphatic heterocycles. The molecule has 6 heterocycles. The largest absolute Gasteiger partial charge is 0.386 e. The highest BCUT2D eigenvalue weighted by atomic mass is 35.5. The minimum absolute atomic E-state index is 0. The molecule has 6 aromatic rings. The van der Waals surface area contributed by atoms with Gasteiger partial charge in [0.05, 0.1) is 33.0 Å². The highest BCUT2D eigenvalue weighted by molar-refractivity contribution is 6.36. The Kier molecular flexibility index (Phi) is 10.9. The van der Waals surface area contributed by atoms with Gasteiger partial charge in [0.25, 0.3) is 0 Å². The number of ketones is 1. The number of hydrogen-bond donors (Lipinski definition) is 2. The second-order valence-corrected chi connectivity index (χ2v) is 11.4. The summed E-state index contributed by atoms with van der Waals surface area (Å²) in [5.41, 5.74) is 4.74. The lowest BCUT2D eigenvalue weighted by Crippen LogP contribution is -2.15. The number of nitrogens with zero attached hydrogens (tertiary/aromatic N) is 7. The number of rotatable bonds is 4. The van der Waals surface area contributed by atoms with Crippen molar-refractivity contribution in [2.45, 2.75) is 53.2 Å². The number of aromatic nitrogens is 6. The van der Waals surface area contributed by atoms with Crippen LogP contribution in [0.4, 0.5) is 0 Å². The molecule has 0 amide bonds. The van der Waals surface area contributed by atoms with E-state index in [-0.39, 0.29) is 7.43 Å². The maximum Gasteiger partial charge on any atom is 0.228 e. The Morgan fingerprint density at radius 2 is 1.36 bits per heavy atom. The smallest absolute Gasteiger partial charge is 0.228 e. The molecule has 6 rings (SSSR count). The SMILES string of the molecule is C.CC(=O)C#N.CC(C)(O)c1cncc(-c2cc3ccccn3n2)c1.CC(C)(O)c1cncc(-c2nn3ccccc3c2Cl)c1. The summed E-state index contributed by atoms with van der Waals surface area (Å²) < 4.78 is 3.56. The van der Waals surface area contributed by atoms with E-state index in [0.29, 0.717) is 10.7 Å². The van der Waals surface area contributed by atoms with Crippen LogP contribution in [0, 0.1) is 11.3 Å². The molecule has 11 heteroatoms. The van der Waals surface area contributed by atoms with Gasteiger partial charge in [-0.1, -0.05) is 31.2 Å². The van der Waals surface area contributed by atoms with Crippen molar-refractivity contribution < 1.29 is 15.0 Å². The third kappa shape index (κ3) is 8.58. The molecule has 0 saturated carbocycles. The molecular weight excluding hydrogens is 590 g/mol. The molecule has 0 aliphatic carbocycles. The van der Waals surface area contributed by atoms with E-state index >= 15 is 0 Å². The molecule has 6 aromatic heterocycles. The molecular formula is C34H36ClN7O3. The average molecular weight is 626 g/mol. The lowest BCUT2D eigenvalue weighted by Gasteiger charge is -2.17. The first kappa shape index (κ1) is 34.5. The summed E-state index contributed by atoms with van der Waals surface area (Å²) in [6.07, 6.45) is 10.5. The van der Waals surface area contributed by atoms with Crippen molar-refractivity contribution in [2.75, 3.05) is 0 Å². The normalized spacial score (nSPS) is 11.0. The monoisotopic (exact) mass is 625 g/mol. The van der Waals surface area contributed by atoms with Crippen LogP contribution in [0.1, 0.15) is 53.2 Å². The van der Waals surface area contributed by atoms with Crippen LogP contribution in [-0.4, -0.2) is 45.2 Å². The quantitative estimate of drug-likeness (QED) is 0.208. The summed E-state index contributed by atoms with van der Waals surface area (Å²) in [6, 6.07) is 18.8. The molecule has 0 spiro atoms. The number of Topliss-reactive ketones (excluding diaryl/α,β-unsaturated/α-hetero) is 1. The molecule has 232 valence electrons. The molecule has 0 saturated heterocycles. The van der Waals surface area contributed by atoms with E-state index in [1.54, 1.807) is 57.0 Å². The Hall–Kier alpha value is -4.95. The van der Waals surface area contributed by atoms with E-state index in [4.69, 9.17) is 16.9 Å². The van der Waals surface area contributed by atoms with Crippen LogP contribution < -0.4 is 0 Å². The molecule has 45 heavy (non-hydrogen) atoms. The first-order valence-electron chi connectivity index (χ1n) is 13.6. The van der Waals surface area contributed by atoms with Crippen molar-refractivity contribution in [3.63, 3.8) is 0 Å². The fourth-order valence-electron chi connectivity index (χ4n) is 4.05. The fraction of sp³-hybridized carbons (Fsp3) is 0.235. The van der Waals surface area contributed by atoms with E-state index < -0.39 is 17.0 Å². The summed E-state index contributed by atoms with van der Waals surface area (Å²) in [6.45, 7) is 8.16. The minimum atomic E-state index is -0.950. The molecule has 0 aromatic carbocycles. The van der Waals surface area contributed by atoms with Crippen molar-refractivity contribution in [2.24, 2.45) is 0 Å². The number of pyridine rings is 4. The van der Waals surface area contributed by atoms with Gasteiger partial charge >= 0.3 is 0 Å². The van der Waals surface area contributed by atoms with E-state index in [1.807, 2.05) is 71.5 Å². The Labute approximate surface area is 267 Å². The van der Waals surface area contributed by atoms with Crippen LogP contribution in [0.15, 0.2) is 91.8 Å². The van der Waals surface area contributed by atoms with Gasteiger partial charge in [-0.25, -0.2) is 9.03 Å². The van der Waals surface area contributed by atoms with Gasteiger partial charge in [-0.05, 0) is 70.2 Å². The van der Waals surface area contributed by atoms with Gasteiger partial charge in [-0.3, -0.25) is 14.8 Å². The van der Waals surface area contributed by atoms with Gasteiger partial charge < -0.3 is 10.2 Å². The van der Waals surface area contributed by atoms with E-state index in [0.717, 1.165) is 39.0 Å². The maximum absolute atomic E-state index is 10.1. The highest BCUT2D eigenvalue weighted by Crippen LogP contribution is 2.32. The van der Waals surface area contributed by atoms with Gasteiger partial charge in [0, 0.05) is 66.4 Å². The van der Waals surface area contributed by atoms with Crippen molar-refractivity contribution in [1.82, 2.24) is 29.2 Å². The molecule has 10 nitrogen and oxygen atoms in total. The van der Waals surface area contributed by atoms with Crippen LogP contribution in [0.25, 0.3) is 33.5 Å². The fourth-order valence-corrected chi connectivity index (χ4v) is 4.35. The lowest BCUT2D eigenvalue weighted by atomic mass is 9.98. The predicted molar refractivity (Wildman–Crippen MR) is 175 cm³/mol. The number of hydrogen-bond acceptors (Lipinski definition) is 8. The molecule has 0 unspecified atom stereocenters. The molecule has 0 radical (unpaired) electrons. The van der Waals surface area contributed by atoms with Crippen molar-refractivity contribution in [1.29, 1.82) is 5.26 Å². The summed E-state index contributed by atoms with van der Waals surface area (Å²) in [5, 5.41) is 37.2. The van der Waals surface area contributed by atoms with E-state index in [9.17, 15) is 15.0 Å². The first-order valence-corrected chi connectivity index (χ1v) is 14.0. The Bertz CT molecular complexity index is 1930. The number of carbonyl (C=O) groups excluding carboxylic acids is 1. The van der Waals surface area contributed by atoms with E-state index in [2.05, 4.69) is 20.2 Å². The van der Waals surface area contributed by atoms with Crippen LogP contribution in [0.5, 0.6) is 0 Å². The molecule has 0 fully saturated rings. The number of halogens is 1. The van der Waals surface area contributed by atoms with Gasteiger partial charge in [-0.2, -0.15) is 15.5 Å². The number of carbonyl (C=O) groups is 1. The van der Waals surface area contributed by atoms with Crippen molar-refractivity contribution in [3.8, 4) is 28.6 Å². The van der Waals surface area contributed by atoms with Gasteiger partial charge in [-0.15, -0.1) is 0 Å². The second kappa shape index (κ2) is 14.2. The molecule has 0 aliphatic rings. The predicted octanol–water partition coefficient (Wildman–Crippen LogP) is 6.64. The summed E-state index contributed by atoms with van der Waals surface area (Å²) in [5.74, 6) is -0.440.